The second kappa shape index (κ2) is 6.90. The van der Waals surface area contributed by atoms with E-state index in [1.54, 1.807) is 17.0 Å². The van der Waals surface area contributed by atoms with E-state index < -0.39 is 17.7 Å². The predicted molar refractivity (Wildman–Crippen MR) is 102 cm³/mol. The van der Waals surface area contributed by atoms with Gasteiger partial charge in [-0.15, -0.1) is 22.7 Å². The number of benzene rings is 1. The van der Waals surface area contributed by atoms with E-state index in [0.29, 0.717) is 11.4 Å². The quantitative estimate of drug-likeness (QED) is 0.658. The normalized spacial score (nSPS) is 17.2. The number of hydrogen-bond donors (Lipinski definition) is 1. The van der Waals surface area contributed by atoms with Gasteiger partial charge in [-0.1, -0.05) is 42.5 Å². The fourth-order valence-electron chi connectivity index (χ4n) is 3.11. The molecule has 26 heavy (non-hydrogen) atoms. The number of aliphatic hydroxyl groups excluding tert-OH is 1. The topological polar surface area (TPSA) is 57.6 Å². The lowest BCUT2D eigenvalue weighted by Crippen LogP contribution is -2.30. The van der Waals surface area contributed by atoms with E-state index in [9.17, 15) is 14.7 Å². The largest absolute Gasteiger partial charge is 0.503 e. The zero-order valence-electron chi connectivity index (χ0n) is 13.7. The number of hydrogen-bond acceptors (Lipinski definition) is 5. The van der Waals surface area contributed by atoms with E-state index >= 15 is 0 Å². The van der Waals surface area contributed by atoms with Crippen LogP contribution >= 0.6 is 22.7 Å². The van der Waals surface area contributed by atoms with Gasteiger partial charge in [0.1, 0.15) is 6.04 Å². The lowest BCUT2D eigenvalue weighted by atomic mass is 10.0. The van der Waals surface area contributed by atoms with Gasteiger partial charge in [0.2, 0.25) is 5.78 Å². The second-order valence-electron chi connectivity index (χ2n) is 5.91. The van der Waals surface area contributed by atoms with Crippen molar-refractivity contribution >= 4 is 34.4 Å². The number of Topliss-reactive ketones (excluding diaryl/α,β-unsaturated/α-hetero) is 1. The van der Waals surface area contributed by atoms with E-state index in [0.717, 1.165) is 10.4 Å². The maximum absolute atomic E-state index is 13.0. The van der Waals surface area contributed by atoms with Crippen molar-refractivity contribution in [1.82, 2.24) is 4.90 Å². The monoisotopic (exact) mass is 381 g/mol. The van der Waals surface area contributed by atoms with E-state index in [-0.39, 0.29) is 11.4 Å². The highest BCUT2D eigenvalue weighted by Crippen LogP contribution is 2.41. The van der Waals surface area contributed by atoms with Crippen molar-refractivity contribution < 1.29 is 14.7 Å². The lowest BCUT2D eigenvalue weighted by molar-refractivity contribution is -0.130. The highest BCUT2D eigenvalue weighted by Gasteiger charge is 2.44. The van der Waals surface area contributed by atoms with Crippen LogP contribution in [0, 0.1) is 0 Å². The summed E-state index contributed by atoms with van der Waals surface area (Å²) in [6.45, 7) is 0.327. The average Bonchev–Trinajstić information content (AvgIpc) is 3.40. The summed E-state index contributed by atoms with van der Waals surface area (Å²) < 4.78 is 0. The molecule has 4 rings (SSSR count). The van der Waals surface area contributed by atoms with Gasteiger partial charge < -0.3 is 10.0 Å². The molecule has 0 fully saturated rings. The maximum Gasteiger partial charge on any atom is 0.290 e. The number of carbonyl (C=O) groups excluding carboxylic acids is 2. The van der Waals surface area contributed by atoms with Crippen molar-refractivity contribution in [3.8, 4) is 0 Å². The average molecular weight is 381 g/mol. The summed E-state index contributed by atoms with van der Waals surface area (Å²) in [7, 11) is 0. The molecule has 1 unspecified atom stereocenters. The zero-order valence-corrected chi connectivity index (χ0v) is 15.3. The van der Waals surface area contributed by atoms with Crippen LogP contribution < -0.4 is 0 Å². The van der Waals surface area contributed by atoms with Crippen LogP contribution in [0.15, 0.2) is 76.7 Å². The first-order valence-electron chi connectivity index (χ1n) is 8.06. The molecule has 0 radical (unpaired) electrons. The molecule has 1 atom stereocenters. The molecule has 0 bridgehead atoms. The Labute approximate surface area is 158 Å². The van der Waals surface area contributed by atoms with Crippen LogP contribution in [0.1, 0.15) is 26.2 Å². The third kappa shape index (κ3) is 2.87. The maximum atomic E-state index is 13.0. The molecular weight excluding hydrogens is 366 g/mol. The van der Waals surface area contributed by atoms with Crippen LogP contribution in [0.2, 0.25) is 0 Å². The molecule has 3 aromatic rings. The minimum atomic E-state index is -0.572. The van der Waals surface area contributed by atoms with Crippen LogP contribution in [0.5, 0.6) is 0 Å². The SMILES string of the molecule is O=C(C1=C(O)C(=O)N(Cc2ccccc2)C1c1cccs1)c1cccs1. The smallest absolute Gasteiger partial charge is 0.290 e. The van der Waals surface area contributed by atoms with Gasteiger partial charge in [-0.05, 0) is 28.5 Å². The highest BCUT2D eigenvalue weighted by atomic mass is 32.1. The molecule has 1 aliphatic heterocycles. The highest BCUT2D eigenvalue weighted by molar-refractivity contribution is 7.12. The molecule has 0 saturated carbocycles. The molecule has 1 aliphatic rings. The minimum Gasteiger partial charge on any atom is -0.503 e. The van der Waals surface area contributed by atoms with Crippen LogP contribution in [-0.2, 0) is 11.3 Å². The lowest BCUT2D eigenvalue weighted by Gasteiger charge is -2.25. The Balaban J connectivity index is 1.77. The number of amides is 1. The van der Waals surface area contributed by atoms with Crippen molar-refractivity contribution in [3.63, 3.8) is 0 Å². The number of aliphatic hydroxyl groups is 1. The standard InChI is InChI=1S/C20H15NO3S2/c22-18(15-9-5-11-26-15)16-17(14-8-4-10-25-14)21(20(24)19(16)23)12-13-6-2-1-3-7-13/h1-11,17,23H,12H2. The molecule has 0 aliphatic carbocycles. The Kier molecular flexibility index (Phi) is 4.44. The zero-order chi connectivity index (χ0) is 18.1. The summed E-state index contributed by atoms with van der Waals surface area (Å²) in [5.41, 5.74) is 1.11. The van der Waals surface area contributed by atoms with Crippen LogP contribution in [-0.4, -0.2) is 21.7 Å². The molecular formula is C20H15NO3S2. The predicted octanol–water partition coefficient (Wildman–Crippen LogP) is 4.59. The van der Waals surface area contributed by atoms with Gasteiger partial charge >= 0.3 is 0 Å². The first-order valence-corrected chi connectivity index (χ1v) is 9.82. The summed E-state index contributed by atoms with van der Waals surface area (Å²) in [6, 6.07) is 16.3. The Morgan fingerprint density at radius 2 is 1.73 bits per heavy atom. The van der Waals surface area contributed by atoms with E-state index in [1.165, 1.54) is 22.7 Å². The molecule has 3 heterocycles. The number of ketones is 1. The van der Waals surface area contributed by atoms with Gasteiger partial charge in [-0.25, -0.2) is 0 Å². The molecule has 4 nitrogen and oxygen atoms in total. The molecule has 0 saturated heterocycles. The van der Waals surface area contributed by atoms with Crippen molar-refractivity contribution in [2.75, 3.05) is 0 Å². The van der Waals surface area contributed by atoms with Gasteiger partial charge in [0, 0.05) is 11.4 Å². The van der Waals surface area contributed by atoms with Gasteiger partial charge in [0.05, 0.1) is 10.5 Å². The van der Waals surface area contributed by atoms with Crippen LogP contribution in [0.3, 0.4) is 0 Å². The van der Waals surface area contributed by atoms with Crippen LogP contribution in [0.25, 0.3) is 0 Å². The first kappa shape index (κ1) is 16.8. The number of nitrogens with zero attached hydrogens (tertiary/aromatic N) is 1. The van der Waals surface area contributed by atoms with E-state index in [4.69, 9.17) is 0 Å². The van der Waals surface area contributed by atoms with Crippen LogP contribution in [0.4, 0.5) is 0 Å². The second-order valence-corrected chi connectivity index (χ2v) is 7.83. The Bertz CT molecular complexity index is 960. The molecule has 0 spiro atoms. The molecule has 1 amide bonds. The number of carbonyl (C=O) groups is 2. The fraction of sp³-hybridized carbons (Fsp3) is 0.100. The molecule has 6 heteroatoms. The summed E-state index contributed by atoms with van der Waals surface area (Å²) in [5, 5.41) is 14.2. The Morgan fingerprint density at radius 1 is 1.00 bits per heavy atom. The van der Waals surface area contributed by atoms with Gasteiger partial charge in [0.25, 0.3) is 5.91 Å². The Morgan fingerprint density at radius 3 is 2.38 bits per heavy atom. The molecule has 1 aromatic carbocycles. The molecule has 130 valence electrons. The van der Waals surface area contributed by atoms with Crippen molar-refractivity contribution in [1.29, 1.82) is 0 Å². The Hall–Kier alpha value is -2.70. The van der Waals surface area contributed by atoms with Gasteiger partial charge in [0.15, 0.2) is 5.76 Å². The third-order valence-electron chi connectivity index (χ3n) is 4.30. The summed E-state index contributed by atoms with van der Waals surface area (Å²) in [6.07, 6.45) is 0. The minimum absolute atomic E-state index is 0.163. The van der Waals surface area contributed by atoms with E-state index in [1.807, 2.05) is 53.2 Å². The summed E-state index contributed by atoms with van der Waals surface area (Å²) in [5.74, 6) is -1.25. The van der Waals surface area contributed by atoms with Gasteiger partial charge in [-0.3, -0.25) is 9.59 Å². The van der Waals surface area contributed by atoms with Crippen molar-refractivity contribution in [3.05, 3.63) is 92.0 Å². The summed E-state index contributed by atoms with van der Waals surface area (Å²) in [4.78, 5) is 28.7. The summed E-state index contributed by atoms with van der Waals surface area (Å²) >= 11 is 2.77. The first-order chi connectivity index (χ1) is 12.7. The fourth-order valence-corrected chi connectivity index (χ4v) is 4.64. The van der Waals surface area contributed by atoms with Crippen molar-refractivity contribution in [2.45, 2.75) is 12.6 Å². The third-order valence-corrected chi connectivity index (χ3v) is 6.10. The van der Waals surface area contributed by atoms with Gasteiger partial charge in [-0.2, -0.15) is 0 Å². The molecule has 2 aromatic heterocycles. The number of rotatable bonds is 5. The van der Waals surface area contributed by atoms with E-state index in [2.05, 4.69) is 0 Å². The molecule has 1 N–H and O–H groups in total. The number of thiophene rings is 2. The van der Waals surface area contributed by atoms with Crippen molar-refractivity contribution in [2.24, 2.45) is 0 Å².